The van der Waals surface area contributed by atoms with E-state index in [1.165, 1.54) is 18.9 Å². The fourth-order valence-electron chi connectivity index (χ4n) is 2.62. The van der Waals surface area contributed by atoms with Crippen LogP contribution in [0.4, 0.5) is 15.8 Å². The minimum atomic E-state index is -0.402. The average molecular weight is 298 g/mol. The summed E-state index contributed by atoms with van der Waals surface area (Å²) in [6.45, 7) is 2.28. The highest BCUT2D eigenvalue weighted by molar-refractivity contribution is 7.99. The highest BCUT2D eigenvalue weighted by atomic mass is 32.2. The Hall–Kier alpha value is -1.10. The number of benzene rings is 1. The first kappa shape index (κ1) is 15.3. The molecule has 0 aromatic heterocycles. The number of rotatable bonds is 5. The number of thioether (sulfide) groups is 1. The van der Waals surface area contributed by atoms with Gasteiger partial charge in [0.2, 0.25) is 0 Å². The maximum atomic E-state index is 13.7. The maximum absolute atomic E-state index is 13.7. The number of nitrogens with one attached hydrogen (secondary N) is 1. The molecule has 5 heteroatoms. The first-order chi connectivity index (χ1) is 9.63. The molecular formula is C15H23FN2OS. The second-order valence-electron chi connectivity index (χ2n) is 5.16. The van der Waals surface area contributed by atoms with Crippen LogP contribution in [0.5, 0.6) is 5.75 Å². The highest BCUT2D eigenvalue weighted by Crippen LogP contribution is 2.32. The standard InChI is InChI=1S/C15H23FN2OS/c1-3-19-15-9-14(13(17)8-12(15)16)18-10-4-6-11(20-2)7-5-10/h8-11,18H,3-7,17H2,1-2H3. The summed E-state index contributed by atoms with van der Waals surface area (Å²) in [5, 5.41) is 4.21. The van der Waals surface area contributed by atoms with Crippen molar-refractivity contribution >= 4 is 23.1 Å². The minimum Gasteiger partial charge on any atom is -0.491 e. The Bertz CT molecular complexity index is 448. The van der Waals surface area contributed by atoms with E-state index in [9.17, 15) is 4.39 Å². The lowest BCUT2D eigenvalue weighted by atomic mass is 9.94. The van der Waals surface area contributed by atoms with Crippen molar-refractivity contribution in [3.05, 3.63) is 17.9 Å². The molecule has 0 unspecified atom stereocenters. The van der Waals surface area contributed by atoms with Crippen LogP contribution in [-0.4, -0.2) is 24.2 Å². The van der Waals surface area contributed by atoms with Crippen molar-refractivity contribution in [2.75, 3.05) is 23.9 Å². The van der Waals surface area contributed by atoms with Crippen LogP contribution in [0.3, 0.4) is 0 Å². The molecule has 0 atom stereocenters. The topological polar surface area (TPSA) is 47.3 Å². The fraction of sp³-hybridized carbons (Fsp3) is 0.600. The van der Waals surface area contributed by atoms with Crippen LogP contribution in [0.25, 0.3) is 0 Å². The highest BCUT2D eigenvalue weighted by Gasteiger charge is 2.21. The van der Waals surface area contributed by atoms with Crippen molar-refractivity contribution in [1.82, 2.24) is 0 Å². The summed E-state index contributed by atoms with van der Waals surface area (Å²) in [4.78, 5) is 0. The normalized spacial score (nSPS) is 22.6. The molecule has 0 spiro atoms. The Morgan fingerprint density at radius 1 is 1.35 bits per heavy atom. The second kappa shape index (κ2) is 7.07. The molecule has 0 heterocycles. The van der Waals surface area contributed by atoms with Crippen molar-refractivity contribution in [2.45, 2.75) is 43.9 Å². The number of hydrogen-bond acceptors (Lipinski definition) is 4. The zero-order valence-electron chi connectivity index (χ0n) is 12.1. The third-order valence-corrected chi connectivity index (χ3v) is 4.91. The molecule has 1 fully saturated rings. The number of anilines is 2. The van der Waals surface area contributed by atoms with Gasteiger partial charge in [0.15, 0.2) is 11.6 Å². The van der Waals surface area contributed by atoms with Crippen LogP contribution in [0, 0.1) is 5.82 Å². The van der Waals surface area contributed by atoms with Crippen molar-refractivity contribution < 1.29 is 9.13 Å². The van der Waals surface area contributed by atoms with Gasteiger partial charge in [0, 0.05) is 23.4 Å². The van der Waals surface area contributed by atoms with Gasteiger partial charge in [-0.1, -0.05) is 0 Å². The van der Waals surface area contributed by atoms with Gasteiger partial charge in [0.25, 0.3) is 0 Å². The zero-order valence-corrected chi connectivity index (χ0v) is 12.9. The van der Waals surface area contributed by atoms with Crippen LogP contribution >= 0.6 is 11.8 Å². The molecule has 1 aromatic carbocycles. The predicted octanol–water partition coefficient (Wildman–Crippen LogP) is 3.89. The largest absolute Gasteiger partial charge is 0.491 e. The van der Waals surface area contributed by atoms with E-state index in [-0.39, 0.29) is 5.75 Å². The van der Waals surface area contributed by atoms with Gasteiger partial charge in [0.1, 0.15) is 0 Å². The summed E-state index contributed by atoms with van der Waals surface area (Å²) in [5.41, 5.74) is 7.12. The van der Waals surface area contributed by atoms with Gasteiger partial charge < -0.3 is 15.8 Å². The molecule has 1 saturated carbocycles. The molecule has 0 aliphatic heterocycles. The van der Waals surface area contributed by atoms with E-state index in [1.54, 1.807) is 6.07 Å². The van der Waals surface area contributed by atoms with E-state index in [0.717, 1.165) is 23.8 Å². The number of halogens is 1. The molecule has 112 valence electrons. The quantitative estimate of drug-likeness (QED) is 0.810. The fourth-order valence-corrected chi connectivity index (χ4v) is 3.37. The molecule has 0 saturated heterocycles. The smallest absolute Gasteiger partial charge is 0.167 e. The van der Waals surface area contributed by atoms with Crippen LogP contribution < -0.4 is 15.8 Å². The van der Waals surface area contributed by atoms with Crippen molar-refractivity contribution in [3.8, 4) is 5.75 Å². The van der Waals surface area contributed by atoms with Crippen LogP contribution in [0.15, 0.2) is 12.1 Å². The molecule has 1 aliphatic carbocycles. The van der Waals surface area contributed by atoms with Gasteiger partial charge in [-0.3, -0.25) is 0 Å². The van der Waals surface area contributed by atoms with Gasteiger partial charge in [-0.05, 0) is 38.9 Å². The Morgan fingerprint density at radius 2 is 2.05 bits per heavy atom. The molecule has 2 rings (SSSR count). The van der Waals surface area contributed by atoms with E-state index in [2.05, 4.69) is 11.6 Å². The third kappa shape index (κ3) is 3.72. The predicted molar refractivity (Wildman–Crippen MR) is 85.2 cm³/mol. The molecule has 3 nitrogen and oxygen atoms in total. The number of hydrogen-bond donors (Lipinski definition) is 2. The van der Waals surface area contributed by atoms with E-state index < -0.39 is 5.82 Å². The van der Waals surface area contributed by atoms with Gasteiger partial charge in [-0.2, -0.15) is 11.8 Å². The van der Waals surface area contributed by atoms with E-state index >= 15 is 0 Å². The lowest BCUT2D eigenvalue weighted by Crippen LogP contribution is -2.27. The molecule has 3 N–H and O–H groups in total. The molecule has 1 aliphatic rings. The van der Waals surface area contributed by atoms with Gasteiger partial charge in [0.05, 0.1) is 18.0 Å². The van der Waals surface area contributed by atoms with Gasteiger partial charge in [-0.15, -0.1) is 0 Å². The van der Waals surface area contributed by atoms with Crippen molar-refractivity contribution in [3.63, 3.8) is 0 Å². The summed E-state index contributed by atoms with van der Waals surface area (Å²) < 4.78 is 18.9. The first-order valence-electron chi connectivity index (χ1n) is 7.15. The van der Waals surface area contributed by atoms with Crippen molar-refractivity contribution in [2.24, 2.45) is 0 Å². The van der Waals surface area contributed by atoms with E-state index in [0.29, 0.717) is 18.3 Å². The van der Waals surface area contributed by atoms with E-state index in [1.807, 2.05) is 18.7 Å². The molecule has 0 amide bonds. The summed E-state index contributed by atoms with van der Waals surface area (Å²) in [6, 6.07) is 3.43. The number of nitrogens with two attached hydrogens (primary N) is 1. The summed E-state index contributed by atoms with van der Waals surface area (Å²) in [6.07, 6.45) is 6.87. The lowest BCUT2D eigenvalue weighted by molar-refractivity contribution is 0.322. The van der Waals surface area contributed by atoms with Crippen LogP contribution in [-0.2, 0) is 0 Å². The maximum Gasteiger partial charge on any atom is 0.167 e. The summed E-state index contributed by atoms with van der Waals surface area (Å²) in [5.74, 6) is -0.136. The minimum absolute atomic E-state index is 0.266. The SMILES string of the molecule is CCOc1cc(NC2CCC(SC)CC2)c(N)cc1F. The molecule has 0 bridgehead atoms. The number of nitrogen functional groups attached to an aromatic ring is 1. The molecule has 20 heavy (non-hydrogen) atoms. The third-order valence-electron chi connectivity index (χ3n) is 3.77. The van der Waals surface area contributed by atoms with Gasteiger partial charge in [-0.25, -0.2) is 4.39 Å². The Kier molecular flexibility index (Phi) is 5.40. The molecular weight excluding hydrogens is 275 g/mol. The molecule has 1 aromatic rings. The summed E-state index contributed by atoms with van der Waals surface area (Å²) in [7, 11) is 0. The number of ether oxygens (including phenoxy) is 1. The van der Waals surface area contributed by atoms with Gasteiger partial charge >= 0.3 is 0 Å². The summed E-state index contributed by atoms with van der Waals surface area (Å²) >= 11 is 1.95. The molecule has 0 radical (unpaired) electrons. The second-order valence-corrected chi connectivity index (χ2v) is 6.29. The van der Waals surface area contributed by atoms with E-state index in [4.69, 9.17) is 10.5 Å². The average Bonchev–Trinajstić information content (AvgIpc) is 2.45. The monoisotopic (exact) mass is 298 g/mol. The Balaban J connectivity index is 2.03. The van der Waals surface area contributed by atoms with Crippen molar-refractivity contribution in [1.29, 1.82) is 0 Å². The van der Waals surface area contributed by atoms with Crippen LogP contribution in [0.2, 0.25) is 0 Å². The zero-order chi connectivity index (χ0) is 14.5. The van der Waals surface area contributed by atoms with Crippen LogP contribution in [0.1, 0.15) is 32.6 Å². The Labute approximate surface area is 124 Å². The Morgan fingerprint density at radius 3 is 2.65 bits per heavy atom. The lowest BCUT2D eigenvalue weighted by Gasteiger charge is -2.29. The first-order valence-corrected chi connectivity index (χ1v) is 8.44.